The first-order valence-corrected chi connectivity index (χ1v) is 13.0. The van der Waals surface area contributed by atoms with Crippen molar-refractivity contribution in [3.8, 4) is 0 Å². The molecule has 1 aliphatic heterocycles. The van der Waals surface area contributed by atoms with Crippen molar-refractivity contribution >= 4 is 26.5 Å². The van der Waals surface area contributed by atoms with Crippen LogP contribution < -0.4 is 0 Å². The van der Waals surface area contributed by atoms with Crippen molar-refractivity contribution in [2.75, 3.05) is 0 Å². The molecule has 0 aromatic rings. The van der Waals surface area contributed by atoms with E-state index in [0.29, 0.717) is 0 Å². The Bertz CT molecular complexity index is 238. The zero-order chi connectivity index (χ0) is 11.7. The Balaban J connectivity index is 1.72. The van der Waals surface area contributed by atoms with E-state index in [1.165, 1.54) is 64.2 Å². The molecule has 2 aliphatic carbocycles. The fourth-order valence-corrected chi connectivity index (χ4v) is 16.9. The van der Waals surface area contributed by atoms with Crippen LogP contribution in [0.5, 0.6) is 0 Å². The Hall–Kier alpha value is 0.744. The van der Waals surface area contributed by atoms with Crippen molar-refractivity contribution in [2.45, 2.75) is 72.1 Å². The van der Waals surface area contributed by atoms with Gasteiger partial charge in [-0.15, -0.1) is 0 Å². The molecule has 0 atom stereocenters. The summed E-state index contributed by atoms with van der Waals surface area (Å²) in [5, 5.41) is 9.45. The summed E-state index contributed by atoms with van der Waals surface area (Å²) >= 11 is -2.89. The van der Waals surface area contributed by atoms with Gasteiger partial charge >= 0.3 is 110 Å². The van der Waals surface area contributed by atoms with E-state index < -0.39 is 26.5 Å². The third kappa shape index (κ3) is 2.42. The SMILES string of the molecule is OB1[O][Sn]([CH]2CCCCC2)([CH]2CCCCC2)[O]1. The molecule has 3 aliphatic rings. The summed E-state index contributed by atoms with van der Waals surface area (Å²) in [6.45, 7) is 0. The molecule has 0 radical (unpaired) electrons. The van der Waals surface area contributed by atoms with E-state index in [0.717, 1.165) is 7.87 Å². The van der Waals surface area contributed by atoms with Crippen LogP contribution in [0, 0.1) is 0 Å². The Labute approximate surface area is 109 Å². The van der Waals surface area contributed by atoms with Crippen LogP contribution in [-0.4, -0.2) is 31.6 Å². The van der Waals surface area contributed by atoms with E-state index in [1.807, 2.05) is 0 Å². The molecular formula is C12H23BO3Sn. The molecule has 17 heavy (non-hydrogen) atoms. The molecule has 3 rings (SSSR count). The molecule has 3 nitrogen and oxygen atoms in total. The van der Waals surface area contributed by atoms with Gasteiger partial charge in [-0.2, -0.15) is 0 Å². The quantitative estimate of drug-likeness (QED) is 0.782. The topological polar surface area (TPSA) is 38.7 Å². The van der Waals surface area contributed by atoms with E-state index in [2.05, 4.69) is 0 Å². The van der Waals surface area contributed by atoms with Gasteiger partial charge in [0.05, 0.1) is 0 Å². The molecule has 5 heteroatoms. The zero-order valence-electron chi connectivity index (χ0n) is 10.6. The van der Waals surface area contributed by atoms with Crippen LogP contribution >= 0.6 is 0 Å². The first-order chi connectivity index (χ1) is 8.31. The van der Waals surface area contributed by atoms with Crippen molar-refractivity contribution < 1.29 is 11.0 Å². The van der Waals surface area contributed by atoms with E-state index in [1.54, 1.807) is 0 Å². The van der Waals surface area contributed by atoms with Crippen LogP contribution in [0.2, 0.25) is 7.87 Å². The van der Waals surface area contributed by atoms with E-state index in [-0.39, 0.29) is 0 Å². The maximum absolute atomic E-state index is 9.45. The number of hydrogen-bond donors (Lipinski definition) is 1. The molecule has 0 bridgehead atoms. The summed E-state index contributed by atoms with van der Waals surface area (Å²) in [6.07, 6.45) is 13.4. The van der Waals surface area contributed by atoms with Gasteiger partial charge in [-0.25, -0.2) is 0 Å². The summed E-state index contributed by atoms with van der Waals surface area (Å²) in [5.74, 6) is 0. The van der Waals surface area contributed by atoms with Crippen LogP contribution in [0.1, 0.15) is 64.2 Å². The molecular weight excluding hydrogens is 322 g/mol. The van der Waals surface area contributed by atoms with Crippen LogP contribution in [0.3, 0.4) is 0 Å². The van der Waals surface area contributed by atoms with Gasteiger partial charge in [-0.1, -0.05) is 0 Å². The molecule has 2 saturated carbocycles. The number of hydrogen-bond acceptors (Lipinski definition) is 3. The summed E-state index contributed by atoms with van der Waals surface area (Å²) in [7, 11) is -0.866. The average molecular weight is 345 g/mol. The molecule has 1 saturated heterocycles. The van der Waals surface area contributed by atoms with Gasteiger partial charge < -0.3 is 0 Å². The Morgan fingerprint density at radius 1 is 0.765 bits per heavy atom. The van der Waals surface area contributed by atoms with Crippen molar-refractivity contribution in [1.29, 1.82) is 0 Å². The maximum atomic E-state index is 9.45. The fourth-order valence-electron chi connectivity index (χ4n) is 4.05. The van der Waals surface area contributed by atoms with Crippen LogP contribution in [-0.2, 0) is 5.98 Å². The first-order valence-electron chi connectivity index (χ1n) is 7.35. The third-order valence-electron chi connectivity index (χ3n) is 4.92. The minimum atomic E-state index is -2.89. The third-order valence-corrected chi connectivity index (χ3v) is 18.0. The average Bonchev–Trinajstić information content (AvgIpc) is 2.37. The van der Waals surface area contributed by atoms with Crippen molar-refractivity contribution in [3.05, 3.63) is 0 Å². The van der Waals surface area contributed by atoms with Crippen LogP contribution in [0.4, 0.5) is 0 Å². The van der Waals surface area contributed by atoms with E-state index in [9.17, 15) is 5.02 Å². The van der Waals surface area contributed by atoms with Crippen LogP contribution in [0.25, 0.3) is 0 Å². The van der Waals surface area contributed by atoms with Crippen LogP contribution in [0.15, 0.2) is 0 Å². The predicted octanol–water partition coefficient (Wildman–Crippen LogP) is 3.12. The summed E-state index contributed by atoms with van der Waals surface area (Å²) in [5.41, 5.74) is 0. The molecule has 96 valence electrons. The molecule has 0 spiro atoms. The molecule has 1 N–H and O–H groups in total. The summed E-state index contributed by atoms with van der Waals surface area (Å²) in [6, 6.07) is 0. The zero-order valence-corrected chi connectivity index (χ0v) is 13.4. The Morgan fingerprint density at radius 3 is 1.53 bits per heavy atom. The van der Waals surface area contributed by atoms with Gasteiger partial charge in [0, 0.05) is 0 Å². The van der Waals surface area contributed by atoms with Gasteiger partial charge in [0.25, 0.3) is 0 Å². The first kappa shape index (κ1) is 12.8. The molecule has 0 aromatic heterocycles. The van der Waals surface area contributed by atoms with Gasteiger partial charge in [0.15, 0.2) is 0 Å². The van der Waals surface area contributed by atoms with Gasteiger partial charge in [-0.3, -0.25) is 0 Å². The Morgan fingerprint density at radius 2 is 1.18 bits per heavy atom. The second-order valence-corrected chi connectivity index (χ2v) is 16.1. The van der Waals surface area contributed by atoms with Crippen molar-refractivity contribution in [3.63, 3.8) is 0 Å². The van der Waals surface area contributed by atoms with Gasteiger partial charge in [-0.05, 0) is 0 Å². The summed E-state index contributed by atoms with van der Waals surface area (Å²) < 4.78 is 13.4. The van der Waals surface area contributed by atoms with Crippen molar-refractivity contribution in [2.24, 2.45) is 0 Å². The standard InChI is InChI=1S/2C6H11.BHO3.Sn/c2*1-2-4-6-5-3-1;2-1(3)4;/h2*1H,2-6H2;2H;/q;;-2;+2. The van der Waals surface area contributed by atoms with Crippen molar-refractivity contribution in [1.82, 2.24) is 0 Å². The normalized spacial score (nSPS) is 31.2. The molecule has 3 fully saturated rings. The molecule has 0 aromatic carbocycles. The fraction of sp³-hybridized carbons (Fsp3) is 1.00. The van der Waals surface area contributed by atoms with E-state index in [4.69, 9.17) is 5.98 Å². The predicted molar refractivity (Wildman–Crippen MR) is 69.6 cm³/mol. The molecule has 1 heterocycles. The Kier molecular flexibility index (Phi) is 4.05. The second kappa shape index (κ2) is 5.39. The number of rotatable bonds is 2. The summed E-state index contributed by atoms with van der Waals surface area (Å²) in [4.78, 5) is 0. The van der Waals surface area contributed by atoms with Gasteiger partial charge in [0.1, 0.15) is 0 Å². The monoisotopic (exact) mass is 346 g/mol. The van der Waals surface area contributed by atoms with E-state index >= 15 is 0 Å². The van der Waals surface area contributed by atoms with Gasteiger partial charge in [0.2, 0.25) is 0 Å². The minimum absolute atomic E-state index is 0.726. The second-order valence-electron chi connectivity index (χ2n) is 5.93. The molecule has 0 amide bonds. The molecule has 0 unspecified atom stereocenters.